The van der Waals surface area contributed by atoms with Crippen LogP contribution in [0, 0.1) is 0 Å². The molecule has 0 atom stereocenters. The van der Waals surface area contributed by atoms with Gasteiger partial charge in [-0.15, -0.1) is 0 Å². The van der Waals surface area contributed by atoms with E-state index >= 15 is 0 Å². The number of aryl methyl sites for hydroxylation is 1. The van der Waals surface area contributed by atoms with Gasteiger partial charge in [-0.05, 0) is 22.4 Å². The standard InChI is InChI=1S/C22H27N7OS/c1-16(30)29-5-3-19-20(14-29)24-21(18-11-23-26(2)13-18)22(25-19)28-8-6-27(7-9-28)12-17-4-10-31-15-17/h4,10-11,13,15H,3,5-9,12,14H2,1-2H3. The van der Waals surface area contributed by atoms with Gasteiger partial charge in [-0.1, -0.05) is 0 Å². The lowest BCUT2D eigenvalue weighted by Crippen LogP contribution is -2.46. The van der Waals surface area contributed by atoms with Crippen LogP contribution in [0.15, 0.2) is 29.2 Å². The molecule has 1 saturated heterocycles. The minimum Gasteiger partial charge on any atom is -0.352 e. The molecule has 3 aromatic heterocycles. The number of hydrogen-bond acceptors (Lipinski definition) is 7. The van der Waals surface area contributed by atoms with Crippen molar-refractivity contribution in [1.82, 2.24) is 29.5 Å². The summed E-state index contributed by atoms with van der Waals surface area (Å²) in [5, 5.41) is 8.72. The van der Waals surface area contributed by atoms with Crippen molar-refractivity contribution in [2.45, 2.75) is 26.4 Å². The summed E-state index contributed by atoms with van der Waals surface area (Å²) in [5.74, 6) is 1.03. The smallest absolute Gasteiger partial charge is 0.219 e. The van der Waals surface area contributed by atoms with Gasteiger partial charge in [-0.25, -0.2) is 9.97 Å². The van der Waals surface area contributed by atoms with E-state index in [4.69, 9.17) is 9.97 Å². The van der Waals surface area contributed by atoms with E-state index in [1.54, 1.807) is 22.9 Å². The minimum absolute atomic E-state index is 0.0844. The monoisotopic (exact) mass is 437 g/mol. The van der Waals surface area contributed by atoms with Crippen LogP contribution in [0.1, 0.15) is 23.9 Å². The van der Waals surface area contributed by atoms with Gasteiger partial charge in [0.05, 0.1) is 24.1 Å². The first-order chi connectivity index (χ1) is 15.1. The summed E-state index contributed by atoms with van der Waals surface area (Å²) < 4.78 is 1.79. The highest BCUT2D eigenvalue weighted by Crippen LogP contribution is 2.31. The van der Waals surface area contributed by atoms with Crippen molar-refractivity contribution >= 4 is 23.1 Å². The highest BCUT2D eigenvalue weighted by Gasteiger charge is 2.27. The number of aromatic nitrogens is 4. The van der Waals surface area contributed by atoms with Gasteiger partial charge in [0, 0.05) is 71.4 Å². The predicted octanol–water partition coefficient (Wildman–Crippen LogP) is 2.17. The molecule has 0 unspecified atom stereocenters. The molecule has 8 nitrogen and oxygen atoms in total. The maximum Gasteiger partial charge on any atom is 0.219 e. The Balaban J connectivity index is 1.42. The van der Waals surface area contributed by atoms with Crippen molar-refractivity contribution in [1.29, 1.82) is 0 Å². The zero-order chi connectivity index (χ0) is 21.4. The number of piperazine rings is 1. The number of carbonyl (C=O) groups excluding carboxylic acids is 1. The Bertz CT molecular complexity index is 1070. The number of anilines is 1. The molecule has 3 aromatic rings. The van der Waals surface area contributed by atoms with Gasteiger partial charge in [0.15, 0.2) is 5.82 Å². The molecule has 5 heterocycles. The van der Waals surface area contributed by atoms with Crippen molar-refractivity contribution in [3.05, 3.63) is 46.2 Å². The first kappa shape index (κ1) is 20.1. The van der Waals surface area contributed by atoms with Crippen LogP contribution in [-0.2, 0) is 31.4 Å². The van der Waals surface area contributed by atoms with E-state index in [0.717, 1.165) is 67.6 Å². The predicted molar refractivity (Wildman–Crippen MR) is 121 cm³/mol. The van der Waals surface area contributed by atoms with Crippen LogP contribution < -0.4 is 4.90 Å². The molecule has 2 aliphatic rings. The molecular formula is C22H27N7OS. The van der Waals surface area contributed by atoms with Crippen molar-refractivity contribution < 1.29 is 4.79 Å². The second-order valence-corrected chi connectivity index (χ2v) is 9.06. The molecule has 5 rings (SSSR count). The molecule has 0 bridgehead atoms. The van der Waals surface area contributed by atoms with Gasteiger partial charge in [0.1, 0.15) is 5.69 Å². The molecule has 1 fully saturated rings. The van der Waals surface area contributed by atoms with Crippen molar-refractivity contribution in [3.63, 3.8) is 0 Å². The number of amides is 1. The van der Waals surface area contributed by atoms with Gasteiger partial charge >= 0.3 is 0 Å². The average Bonchev–Trinajstić information content (AvgIpc) is 3.44. The van der Waals surface area contributed by atoms with E-state index in [1.165, 1.54) is 5.56 Å². The normalized spacial score (nSPS) is 17.1. The van der Waals surface area contributed by atoms with E-state index in [9.17, 15) is 4.79 Å². The lowest BCUT2D eigenvalue weighted by Gasteiger charge is -2.36. The summed E-state index contributed by atoms with van der Waals surface area (Å²) in [7, 11) is 1.91. The van der Waals surface area contributed by atoms with Crippen molar-refractivity contribution in [2.24, 2.45) is 7.05 Å². The molecule has 31 heavy (non-hydrogen) atoms. The van der Waals surface area contributed by atoms with E-state index in [-0.39, 0.29) is 5.91 Å². The molecular weight excluding hydrogens is 410 g/mol. The molecule has 162 valence electrons. The Hall–Kier alpha value is -2.78. The number of rotatable bonds is 4. The number of carbonyl (C=O) groups is 1. The molecule has 9 heteroatoms. The molecule has 2 aliphatic heterocycles. The highest BCUT2D eigenvalue weighted by atomic mass is 32.1. The molecule has 0 aliphatic carbocycles. The summed E-state index contributed by atoms with van der Waals surface area (Å²) in [4.78, 5) is 28.7. The fourth-order valence-electron chi connectivity index (χ4n) is 4.31. The Morgan fingerprint density at radius 3 is 2.65 bits per heavy atom. The van der Waals surface area contributed by atoms with Gasteiger partial charge in [0.2, 0.25) is 5.91 Å². The van der Waals surface area contributed by atoms with Crippen molar-refractivity contribution in [3.8, 4) is 11.3 Å². The summed E-state index contributed by atoms with van der Waals surface area (Å²) in [5.41, 5.74) is 5.14. The van der Waals surface area contributed by atoms with E-state index in [1.807, 2.05) is 24.3 Å². The van der Waals surface area contributed by atoms with Crippen LogP contribution in [0.3, 0.4) is 0 Å². The Kier molecular flexibility index (Phi) is 5.45. The topological polar surface area (TPSA) is 70.4 Å². The van der Waals surface area contributed by atoms with Crippen LogP contribution in [0.4, 0.5) is 5.82 Å². The fraction of sp³-hybridized carbons (Fsp3) is 0.455. The lowest BCUT2D eigenvalue weighted by molar-refractivity contribution is -0.129. The van der Waals surface area contributed by atoms with Gasteiger partial charge in [0.25, 0.3) is 0 Å². The summed E-state index contributed by atoms with van der Waals surface area (Å²) in [6, 6.07) is 2.21. The second kappa shape index (κ2) is 8.39. The number of thiophene rings is 1. The van der Waals surface area contributed by atoms with E-state index in [0.29, 0.717) is 13.1 Å². The molecule has 1 amide bonds. The minimum atomic E-state index is 0.0844. The SMILES string of the molecule is CC(=O)N1CCc2nc(N3CCN(Cc4ccsc4)CC3)c(-c3cnn(C)c3)nc2C1. The quantitative estimate of drug-likeness (QED) is 0.623. The first-order valence-electron chi connectivity index (χ1n) is 10.7. The number of fused-ring (bicyclic) bond motifs is 1. The highest BCUT2D eigenvalue weighted by molar-refractivity contribution is 7.07. The maximum absolute atomic E-state index is 11.9. The second-order valence-electron chi connectivity index (χ2n) is 8.28. The van der Waals surface area contributed by atoms with Gasteiger partial charge in [-0.3, -0.25) is 14.4 Å². The van der Waals surface area contributed by atoms with Crippen LogP contribution >= 0.6 is 11.3 Å². The third kappa shape index (κ3) is 4.20. The fourth-order valence-corrected chi connectivity index (χ4v) is 4.97. The molecule has 0 radical (unpaired) electrons. The Morgan fingerprint density at radius 2 is 1.97 bits per heavy atom. The largest absolute Gasteiger partial charge is 0.352 e. The number of nitrogens with zero attached hydrogens (tertiary/aromatic N) is 7. The van der Waals surface area contributed by atoms with Gasteiger partial charge in [-0.2, -0.15) is 16.4 Å². The van der Waals surface area contributed by atoms with Crippen LogP contribution in [-0.4, -0.2) is 68.2 Å². The molecule has 0 spiro atoms. The number of hydrogen-bond donors (Lipinski definition) is 0. The van der Waals surface area contributed by atoms with Crippen molar-refractivity contribution in [2.75, 3.05) is 37.6 Å². The maximum atomic E-state index is 11.9. The molecule has 0 N–H and O–H groups in total. The Morgan fingerprint density at radius 1 is 1.13 bits per heavy atom. The average molecular weight is 438 g/mol. The third-order valence-corrected chi connectivity index (χ3v) is 6.81. The van der Waals surface area contributed by atoms with Crippen LogP contribution in [0.2, 0.25) is 0 Å². The third-order valence-electron chi connectivity index (χ3n) is 6.07. The van der Waals surface area contributed by atoms with E-state index in [2.05, 4.69) is 31.7 Å². The van der Waals surface area contributed by atoms with Gasteiger partial charge < -0.3 is 9.80 Å². The Labute approximate surface area is 186 Å². The molecule has 0 saturated carbocycles. The summed E-state index contributed by atoms with van der Waals surface area (Å²) in [6.45, 7) is 7.69. The zero-order valence-electron chi connectivity index (χ0n) is 18.0. The van der Waals surface area contributed by atoms with E-state index < -0.39 is 0 Å². The summed E-state index contributed by atoms with van der Waals surface area (Å²) in [6.07, 6.45) is 4.58. The first-order valence-corrected chi connectivity index (χ1v) is 11.6. The van der Waals surface area contributed by atoms with Crippen LogP contribution in [0.25, 0.3) is 11.3 Å². The lowest BCUT2D eigenvalue weighted by atomic mass is 10.1. The van der Waals surface area contributed by atoms with Crippen LogP contribution in [0.5, 0.6) is 0 Å². The zero-order valence-corrected chi connectivity index (χ0v) is 18.8. The summed E-state index contributed by atoms with van der Waals surface area (Å²) >= 11 is 1.75. The molecule has 0 aromatic carbocycles.